The summed E-state index contributed by atoms with van der Waals surface area (Å²) in [6.45, 7) is 3.85. The first-order chi connectivity index (χ1) is 8.56. The van der Waals surface area contributed by atoms with Gasteiger partial charge in [-0.15, -0.1) is 0 Å². The average molecular weight is 251 g/mol. The Hall–Kier alpha value is -1.46. The highest BCUT2D eigenvalue weighted by Gasteiger charge is 2.27. The van der Waals surface area contributed by atoms with Gasteiger partial charge in [0.25, 0.3) is 0 Å². The number of hydrogen-bond acceptors (Lipinski definition) is 3. The van der Waals surface area contributed by atoms with Gasteiger partial charge >= 0.3 is 0 Å². The van der Waals surface area contributed by atoms with Crippen molar-refractivity contribution in [2.24, 2.45) is 11.7 Å². The third kappa shape index (κ3) is 3.05. The fourth-order valence-corrected chi connectivity index (χ4v) is 2.18. The quantitative estimate of drug-likeness (QED) is 0.844. The Kier molecular flexibility index (Phi) is 3.93. The first-order valence-corrected chi connectivity index (χ1v) is 6.08. The maximum absolute atomic E-state index is 13.3. The Morgan fingerprint density at radius 2 is 2.22 bits per heavy atom. The lowest BCUT2D eigenvalue weighted by Gasteiger charge is -2.14. The SMILES string of the molecule is CC1CN(CC(=O)Nc2ccccc2F)CC1N. The number of anilines is 1. The van der Waals surface area contributed by atoms with Gasteiger partial charge in [-0.3, -0.25) is 9.69 Å². The monoisotopic (exact) mass is 251 g/mol. The third-order valence-electron chi connectivity index (χ3n) is 3.26. The second-order valence-electron chi connectivity index (χ2n) is 4.86. The van der Waals surface area contributed by atoms with E-state index in [1.807, 2.05) is 4.90 Å². The average Bonchev–Trinajstić information content (AvgIpc) is 2.61. The van der Waals surface area contributed by atoms with E-state index < -0.39 is 5.82 Å². The van der Waals surface area contributed by atoms with Crippen LogP contribution in [0.15, 0.2) is 24.3 Å². The highest BCUT2D eigenvalue weighted by molar-refractivity contribution is 5.92. The van der Waals surface area contributed by atoms with Gasteiger partial charge in [0.15, 0.2) is 0 Å². The zero-order valence-corrected chi connectivity index (χ0v) is 10.4. The van der Waals surface area contributed by atoms with Crippen molar-refractivity contribution in [3.05, 3.63) is 30.1 Å². The molecule has 5 heteroatoms. The van der Waals surface area contributed by atoms with Gasteiger partial charge in [0.2, 0.25) is 5.91 Å². The molecule has 0 aliphatic carbocycles. The zero-order valence-electron chi connectivity index (χ0n) is 10.4. The number of hydrogen-bond donors (Lipinski definition) is 2. The van der Waals surface area contributed by atoms with Crippen molar-refractivity contribution in [3.8, 4) is 0 Å². The lowest BCUT2D eigenvalue weighted by atomic mass is 10.1. The molecule has 0 radical (unpaired) electrons. The molecule has 2 rings (SSSR count). The minimum absolute atomic E-state index is 0.117. The molecule has 0 saturated carbocycles. The fraction of sp³-hybridized carbons (Fsp3) is 0.462. The summed E-state index contributed by atoms with van der Waals surface area (Å²) in [5.41, 5.74) is 6.11. The highest BCUT2D eigenvalue weighted by atomic mass is 19.1. The van der Waals surface area contributed by atoms with E-state index >= 15 is 0 Å². The zero-order chi connectivity index (χ0) is 13.1. The summed E-state index contributed by atoms with van der Waals surface area (Å²) in [5.74, 6) is -0.231. The summed E-state index contributed by atoms with van der Waals surface area (Å²) < 4.78 is 13.3. The number of carbonyl (C=O) groups is 1. The maximum Gasteiger partial charge on any atom is 0.238 e. The van der Waals surface area contributed by atoms with E-state index in [1.165, 1.54) is 6.07 Å². The van der Waals surface area contributed by atoms with Crippen LogP contribution in [0.25, 0.3) is 0 Å². The van der Waals surface area contributed by atoms with Crippen molar-refractivity contribution in [2.45, 2.75) is 13.0 Å². The van der Waals surface area contributed by atoms with Crippen LogP contribution in [0.5, 0.6) is 0 Å². The molecule has 4 nitrogen and oxygen atoms in total. The van der Waals surface area contributed by atoms with Gasteiger partial charge < -0.3 is 11.1 Å². The number of likely N-dealkylation sites (tertiary alicyclic amines) is 1. The fourth-order valence-electron chi connectivity index (χ4n) is 2.18. The number of carbonyl (C=O) groups excluding carboxylic acids is 1. The molecule has 2 atom stereocenters. The van der Waals surface area contributed by atoms with E-state index in [1.54, 1.807) is 18.2 Å². The first kappa shape index (κ1) is 13.0. The van der Waals surface area contributed by atoms with Gasteiger partial charge in [0.1, 0.15) is 5.82 Å². The van der Waals surface area contributed by atoms with Crippen molar-refractivity contribution in [1.29, 1.82) is 0 Å². The molecular formula is C13H18FN3O. The van der Waals surface area contributed by atoms with Crippen LogP contribution < -0.4 is 11.1 Å². The number of para-hydroxylation sites is 1. The molecule has 1 heterocycles. The van der Waals surface area contributed by atoms with Gasteiger partial charge in [0, 0.05) is 19.1 Å². The normalized spacial score (nSPS) is 24.2. The largest absolute Gasteiger partial charge is 0.326 e. The van der Waals surface area contributed by atoms with Crippen LogP contribution in [-0.2, 0) is 4.79 Å². The van der Waals surface area contributed by atoms with Crippen molar-refractivity contribution < 1.29 is 9.18 Å². The smallest absolute Gasteiger partial charge is 0.238 e. The Balaban J connectivity index is 1.88. The van der Waals surface area contributed by atoms with Gasteiger partial charge in [-0.1, -0.05) is 19.1 Å². The van der Waals surface area contributed by atoms with E-state index in [9.17, 15) is 9.18 Å². The van der Waals surface area contributed by atoms with Gasteiger partial charge in [0.05, 0.1) is 12.2 Å². The predicted octanol–water partition coefficient (Wildman–Crippen LogP) is 1.04. The second kappa shape index (κ2) is 5.46. The van der Waals surface area contributed by atoms with Crippen LogP contribution in [0.1, 0.15) is 6.92 Å². The van der Waals surface area contributed by atoms with Crippen LogP contribution in [0.4, 0.5) is 10.1 Å². The number of amides is 1. The summed E-state index contributed by atoms with van der Waals surface area (Å²) in [4.78, 5) is 13.8. The van der Waals surface area contributed by atoms with Crippen molar-refractivity contribution in [3.63, 3.8) is 0 Å². The molecule has 1 amide bonds. The molecule has 1 aromatic rings. The molecule has 0 bridgehead atoms. The minimum atomic E-state index is -0.419. The van der Waals surface area contributed by atoms with E-state index in [0.717, 1.165) is 6.54 Å². The Morgan fingerprint density at radius 3 is 2.83 bits per heavy atom. The maximum atomic E-state index is 13.3. The van der Waals surface area contributed by atoms with E-state index in [0.29, 0.717) is 12.5 Å². The molecule has 1 fully saturated rings. The summed E-state index contributed by atoms with van der Waals surface area (Å²) in [6.07, 6.45) is 0. The number of rotatable bonds is 3. The summed E-state index contributed by atoms with van der Waals surface area (Å²) in [7, 11) is 0. The first-order valence-electron chi connectivity index (χ1n) is 6.08. The van der Waals surface area contributed by atoms with E-state index in [2.05, 4.69) is 12.2 Å². The standard InChI is InChI=1S/C13H18FN3O/c1-9-6-17(7-11(9)15)8-13(18)16-12-5-3-2-4-10(12)14/h2-5,9,11H,6-8,15H2,1H3,(H,16,18). The van der Waals surface area contributed by atoms with Gasteiger partial charge in [-0.2, -0.15) is 0 Å². The predicted molar refractivity (Wildman–Crippen MR) is 68.6 cm³/mol. The van der Waals surface area contributed by atoms with Crippen molar-refractivity contribution >= 4 is 11.6 Å². The van der Waals surface area contributed by atoms with E-state index in [4.69, 9.17) is 5.73 Å². The Labute approximate surface area is 106 Å². The second-order valence-corrected chi connectivity index (χ2v) is 4.86. The molecule has 98 valence electrons. The molecule has 1 aliphatic rings. The Bertz CT molecular complexity index is 428. The van der Waals surface area contributed by atoms with Crippen LogP contribution in [-0.4, -0.2) is 36.5 Å². The highest BCUT2D eigenvalue weighted by Crippen LogP contribution is 2.15. The number of nitrogens with two attached hydrogens (primary N) is 1. The molecule has 3 N–H and O–H groups in total. The lowest BCUT2D eigenvalue weighted by Crippen LogP contribution is -2.33. The van der Waals surface area contributed by atoms with Crippen LogP contribution >= 0.6 is 0 Å². The molecule has 18 heavy (non-hydrogen) atoms. The van der Waals surface area contributed by atoms with Gasteiger partial charge in [-0.05, 0) is 18.1 Å². The van der Waals surface area contributed by atoms with Gasteiger partial charge in [-0.25, -0.2) is 4.39 Å². The number of nitrogens with zero attached hydrogens (tertiary/aromatic N) is 1. The molecular weight excluding hydrogens is 233 g/mol. The topological polar surface area (TPSA) is 58.4 Å². The number of halogens is 1. The molecule has 1 aliphatic heterocycles. The van der Waals surface area contributed by atoms with Crippen LogP contribution in [0.2, 0.25) is 0 Å². The molecule has 0 aromatic heterocycles. The summed E-state index contributed by atoms with van der Waals surface area (Å²) in [5, 5.41) is 2.57. The lowest BCUT2D eigenvalue weighted by molar-refractivity contribution is -0.117. The molecule has 2 unspecified atom stereocenters. The molecule has 1 aromatic carbocycles. The van der Waals surface area contributed by atoms with Crippen molar-refractivity contribution in [1.82, 2.24) is 4.90 Å². The minimum Gasteiger partial charge on any atom is -0.326 e. The summed E-state index contributed by atoms with van der Waals surface area (Å²) in [6, 6.07) is 6.26. The molecule has 0 spiro atoms. The third-order valence-corrected chi connectivity index (χ3v) is 3.26. The Morgan fingerprint density at radius 1 is 1.50 bits per heavy atom. The number of benzene rings is 1. The van der Waals surface area contributed by atoms with Crippen LogP contribution in [0.3, 0.4) is 0 Å². The van der Waals surface area contributed by atoms with Crippen LogP contribution in [0, 0.1) is 11.7 Å². The molecule has 1 saturated heterocycles. The summed E-state index contributed by atoms with van der Waals surface area (Å²) >= 11 is 0. The van der Waals surface area contributed by atoms with Crippen molar-refractivity contribution in [2.75, 3.05) is 25.0 Å². The van der Waals surface area contributed by atoms with E-state index in [-0.39, 0.29) is 24.2 Å². The number of nitrogens with one attached hydrogen (secondary N) is 1.